The summed E-state index contributed by atoms with van der Waals surface area (Å²) in [6.45, 7) is 0. The quantitative estimate of drug-likeness (QED) is 0.556. The van der Waals surface area contributed by atoms with Crippen LogP contribution in [0.2, 0.25) is 0 Å². The highest BCUT2D eigenvalue weighted by Gasteiger charge is 2.54. The van der Waals surface area contributed by atoms with E-state index in [1.165, 1.54) is 13.5 Å². The van der Waals surface area contributed by atoms with Gasteiger partial charge in [0.2, 0.25) is 0 Å². The minimum Gasteiger partial charge on any atom is -0.467 e. The fourth-order valence-electron chi connectivity index (χ4n) is 3.03. The lowest BCUT2D eigenvalue weighted by Gasteiger charge is -2.38. The fraction of sp³-hybridized carbons (Fsp3) is 0.857. The molecule has 2 rings (SSSR count). The molecule has 0 aromatic rings. The molecule has 0 spiro atoms. The number of alkyl halides is 3. The second-order valence-electron chi connectivity index (χ2n) is 5.62. The van der Waals surface area contributed by atoms with Crippen molar-refractivity contribution >= 4 is 46.5 Å². The first-order valence-corrected chi connectivity index (χ1v) is 8.27. The number of esters is 1. The molecule has 2 saturated carbocycles. The lowest BCUT2D eigenvalue weighted by atomic mass is 9.84. The molecule has 20 heavy (non-hydrogen) atoms. The van der Waals surface area contributed by atoms with Gasteiger partial charge in [0.05, 0.1) is 18.9 Å². The Hall–Kier alpha value is 0.01000. The molecule has 0 heterocycles. The van der Waals surface area contributed by atoms with Gasteiger partial charge in [-0.15, -0.1) is 0 Å². The Morgan fingerprint density at radius 2 is 1.80 bits per heavy atom. The lowest BCUT2D eigenvalue weighted by Crippen LogP contribution is -2.53. The molecule has 0 aliphatic heterocycles. The van der Waals surface area contributed by atoms with Gasteiger partial charge in [-0.2, -0.15) is 0 Å². The number of carbonyl (C=O) groups excluding carboxylic acids is 1. The predicted octanol–water partition coefficient (Wildman–Crippen LogP) is 4.27. The number of nitrogens with zero attached hydrogens (tertiary/aromatic N) is 1. The van der Waals surface area contributed by atoms with Crippen LogP contribution in [-0.2, 0) is 9.53 Å². The van der Waals surface area contributed by atoms with Crippen LogP contribution in [-0.4, -0.2) is 34.0 Å². The summed E-state index contributed by atoms with van der Waals surface area (Å²) < 4.78 is 3.66. The van der Waals surface area contributed by atoms with E-state index >= 15 is 0 Å². The second kappa shape index (κ2) is 6.41. The Balaban J connectivity index is 2.34. The summed E-state index contributed by atoms with van der Waals surface area (Å²) in [5.41, 5.74) is 0.389. The maximum Gasteiger partial charge on any atom is 0.332 e. The normalized spacial score (nSPS) is 33.1. The molecule has 6 heteroatoms. The first kappa shape index (κ1) is 16.4. The highest BCUT2D eigenvalue weighted by molar-refractivity contribution is 6.65. The number of aliphatic imine (C=N–C) groups is 1. The van der Waals surface area contributed by atoms with Crippen LogP contribution in [0.4, 0.5) is 0 Å². The Morgan fingerprint density at radius 3 is 2.40 bits per heavy atom. The van der Waals surface area contributed by atoms with Crippen LogP contribution in [0, 0.1) is 0 Å². The molecule has 0 bridgehead atoms. The number of methoxy groups -OCH3 is 1. The molecule has 114 valence electrons. The number of hydrogen-bond donors (Lipinski definition) is 0. The van der Waals surface area contributed by atoms with Crippen molar-refractivity contribution in [3.05, 3.63) is 0 Å². The average molecular weight is 341 g/mol. The van der Waals surface area contributed by atoms with E-state index in [9.17, 15) is 4.79 Å². The lowest BCUT2D eigenvalue weighted by molar-refractivity contribution is -0.142. The van der Waals surface area contributed by atoms with E-state index < -0.39 is 15.2 Å². The molecule has 1 unspecified atom stereocenters. The van der Waals surface area contributed by atoms with Gasteiger partial charge in [-0.1, -0.05) is 54.1 Å². The summed E-state index contributed by atoms with van der Waals surface area (Å²) in [6, 6.07) is 0.163. The summed E-state index contributed by atoms with van der Waals surface area (Å²) in [7, 11) is 1.32. The topological polar surface area (TPSA) is 38.7 Å². The van der Waals surface area contributed by atoms with Gasteiger partial charge in [-0.05, 0) is 32.1 Å². The molecule has 2 aliphatic carbocycles. The van der Waals surface area contributed by atoms with Crippen LogP contribution < -0.4 is 0 Å². The molecular formula is C14H20Cl3NO2. The standard InChI is InChI=1S/C14H20Cl3NO2/c1-20-12(19)13(15)8-5-9-14(16,17)11(13)18-10-6-3-2-4-7-10/h10H,2-9H2,1H3. The number of halogens is 3. The Morgan fingerprint density at radius 1 is 1.15 bits per heavy atom. The zero-order chi connectivity index (χ0) is 14.8. The summed E-state index contributed by atoms with van der Waals surface area (Å²) in [6.07, 6.45) is 7.23. The monoisotopic (exact) mass is 339 g/mol. The first-order chi connectivity index (χ1) is 9.40. The van der Waals surface area contributed by atoms with Crippen molar-refractivity contribution in [2.24, 2.45) is 4.99 Å². The number of carbonyl (C=O) groups is 1. The van der Waals surface area contributed by atoms with Gasteiger partial charge in [-0.3, -0.25) is 4.99 Å². The Bertz CT molecular complexity index is 405. The van der Waals surface area contributed by atoms with Crippen molar-refractivity contribution in [3.63, 3.8) is 0 Å². The highest BCUT2D eigenvalue weighted by Crippen LogP contribution is 2.45. The third-order valence-electron chi connectivity index (χ3n) is 4.13. The van der Waals surface area contributed by atoms with Crippen LogP contribution in [0.5, 0.6) is 0 Å². The summed E-state index contributed by atoms with van der Waals surface area (Å²) in [5, 5.41) is 0. The van der Waals surface area contributed by atoms with Crippen LogP contribution in [0.15, 0.2) is 4.99 Å². The third-order valence-corrected chi connectivity index (χ3v) is 5.39. The van der Waals surface area contributed by atoms with Gasteiger partial charge in [0.15, 0.2) is 9.21 Å². The number of ether oxygens (including phenoxy) is 1. The van der Waals surface area contributed by atoms with E-state index in [4.69, 9.17) is 44.5 Å². The highest BCUT2D eigenvalue weighted by atomic mass is 35.5. The molecule has 2 aliphatic rings. The van der Waals surface area contributed by atoms with Gasteiger partial charge < -0.3 is 4.74 Å². The Kier molecular flexibility index (Phi) is 5.25. The van der Waals surface area contributed by atoms with Gasteiger partial charge in [0.1, 0.15) is 0 Å². The zero-order valence-corrected chi connectivity index (χ0v) is 13.9. The third kappa shape index (κ3) is 3.26. The molecule has 0 saturated heterocycles. The van der Waals surface area contributed by atoms with Gasteiger partial charge in [0, 0.05) is 0 Å². The van der Waals surface area contributed by atoms with Crippen LogP contribution in [0.25, 0.3) is 0 Å². The molecule has 3 nitrogen and oxygen atoms in total. The molecule has 0 radical (unpaired) electrons. The molecular weight excluding hydrogens is 321 g/mol. The largest absolute Gasteiger partial charge is 0.467 e. The van der Waals surface area contributed by atoms with Crippen molar-refractivity contribution < 1.29 is 9.53 Å². The van der Waals surface area contributed by atoms with Gasteiger partial charge >= 0.3 is 5.97 Å². The molecule has 0 aromatic heterocycles. The number of rotatable bonds is 2. The van der Waals surface area contributed by atoms with E-state index in [-0.39, 0.29) is 6.04 Å². The summed E-state index contributed by atoms with van der Waals surface area (Å²) >= 11 is 19.3. The summed E-state index contributed by atoms with van der Waals surface area (Å²) in [4.78, 5) is 15.5. The van der Waals surface area contributed by atoms with Gasteiger partial charge in [-0.25, -0.2) is 4.79 Å². The van der Waals surface area contributed by atoms with Gasteiger partial charge in [0.25, 0.3) is 0 Å². The SMILES string of the molecule is COC(=O)C1(Cl)CCCC(Cl)(Cl)C1=NC1CCCCC1. The maximum absolute atomic E-state index is 12.1. The van der Waals surface area contributed by atoms with E-state index in [0.717, 1.165) is 25.7 Å². The van der Waals surface area contributed by atoms with E-state index in [1.807, 2.05) is 0 Å². The van der Waals surface area contributed by atoms with E-state index in [1.54, 1.807) is 0 Å². The first-order valence-electron chi connectivity index (χ1n) is 7.14. The Labute approximate surface area is 135 Å². The van der Waals surface area contributed by atoms with Crippen molar-refractivity contribution in [2.75, 3.05) is 7.11 Å². The number of hydrogen-bond acceptors (Lipinski definition) is 3. The maximum atomic E-state index is 12.1. The summed E-state index contributed by atoms with van der Waals surface area (Å²) in [5.74, 6) is -0.515. The second-order valence-corrected chi connectivity index (χ2v) is 7.75. The average Bonchev–Trinajstić information content (AvgIpc) is 2.43. The smallest absolute Gasteiger partial charge is 0.332 e. The minimum absolute atomic E-state index is 0.163. The van der Waals surface area contributed by atoms with E-state index in [2.05, 4.69) is 0 Å². The molecule has 0 aromatic carbocycles. The minimum atomic E-state index is -1.31. The van der Waals surface area contributed by atoms with Crippen molar-refractivity contribution in [2.45, 2.75) is 66.6 Å². The van der Waals surface area contributed by atoms with Crippen LogP contribution in [0.1, 0.15) is 51.4 Å². The van der Waals surface area contributed by atoms with Crippen molar-refractivity contribution in [1.29, 1.82) is 0 Å². The molecule has 1 atom stereocenters. The molecule has 2 fully saturated rings. The van der Waals surface area contributed by atoms with Crippen LogP contribution in [0.3, 0.4) is 0 Å². The molecule has 0 N–H and O–H groups in total. The fourth-order valence-corrected chi connectivity index (χ4v) is 4.24. The van der Waals surface area contributed by atoms with Crippen molar-refractivity contribution in [3.8, 4) is 0 Å². The molecule has 0 amide bonds. The zero-order valence-electron chi connectivity index (χ0n) is 11.6. The van der Waals surface area contributed by atoms with E-state index in [0.29, 0.717) is 25.0 Å². The van der Waals surface area contributed by atoms with Crippen molar-refractivity contribution in [1.82, 2.24) is 0 Å². The predicted molar refractivity (Wildman–Crippen MR) is 83.2 cm³/mol. The van der Waals surface area contributed by atoms with Crippen LogP contribution >= 0.6 is 34.8 Å².